The Morgan fingerprint density at radius 2 is 1.63 bits per heavy atom. The highest BCUT2D eigenvalue weighted by molar-refractivity contribution is 5.98. The maximum Gasteiger partial charge on any atom is 0.256 e. The summed E-state index contributed by atoms with van der Waals surface area (Å²) >= 11 is 0. The Balaban J connectivity index is 1.62. The van der Waals surface area contributed by atoms with E-state index in [1.807, 2.05) is 12.1 Å². The molecule has 3 rings (SSSR count). The van der Waals surface area contributed by atoms with Crippen LogP contribution in [0.2, 0.25) is 0 Å². The molecule has 160 valence electrons. The minimum atomic E-state index is -1.62. The van der Waals surface area contributed by atoms with Crippen molar-refractivity contribution in [2.45, 2.75) is 44.6 Å². The summed E-state index contributed by atoms with van der Waals surface area (Å²) < 4.78 is 26.9. The molecule has 30 heavy (non-hydrogen) atoms. The van der Waals surface area contributed by atoms with E-state index in [1.54, 1.807) is 12.1 Å². The lowest BCUT2D eigenvalue weighted by molar-refractivity contribution is -0.138. The normalized spacial score (nSPS) is 16.3. The Morgan fingerprint density at radius 1 is 1.03 bits per heavy atom. The number of carbonyl (C=O) groups is 2. The van der Waals surface area contributed by atoms with E-state index in [0.717, 1.165) is 17.7 Å². The highest BCUT2D eigenvalue weighted by atomic mass is 19.1. The van der Waals surface area contributed by atoms with Crippen LogP contribution in [0.25, 0.3) is 0 Å². The summed E-state index contributed by atoms with van der Waals surface area (Å²) in [7, 11) is 0. The first-order chi connectivity index (χ1) is 14.0. The number of piperidine rings is 1. The molecule has 0 aliphatic carbocycles. The molecule has 0 bridgehead atoms. The molecule has 7 heteroatoms. The first-order valence-corrected chi connectivity index (χ1v) is 9.88. The van der Waals surface area contributed by atoms with Gasteiger partial charge in [0.05, 0.1) is 5.56 Å². The third kappa shape index (κ3) is 4.67. The van der Waals surface area contributed by atoms with Gasteiger partial charge in [0, 0.05) is 37.7 Å². The van der Waals surface area contributed by atoms with Gasteiger partial charge in [-0.25, -0.2) is 8.78 Å². The second-order valence-corrected chi connectivity index (χ2v) is 8.73. The van der Waals surface area contributed by atoms with Crippen molar-refractivity contribution >= 4 is 17.5 Å². The smallest absolute Gasteiger partial charge is 0.256 e. The second kappa shape index (κ2) is 8.14. The molecule has 2 N–H and O–H groups in total. The number of hydrogen-bond acceptors (Lipinski definition) is 3. The number of rotatable bonds is 3. The van der Waals surface area contributed by atoms with Crippen molar-refractivity contribution in [2.24, 2.45) is 0 Å². The van der Waals surface area contributed by atoms with Crippen LogP contribution in [-0.4, -0.2) is 40.5 Å². The number of halogens is 2. The number of aliphatic hydroxyl groups is 1. The van der Waals surface area contributed by atoms with Crippen LogP contribution in [0, 0.1) is 11.6 Å². The molecule has 1 heterocycles. The minimum absolute atomic E-state index is 0.00982. The van der Waals surface area contributed by atoms with E-state index in [1.165, 1.54) is 4.90 Å². The van der Waals surface area contributed by atoms with Gasteiger partial charge in [-0.2, -0.15) is 0 Å². The molecule has 1 aliphatic heterocycles. The number of hydrogen-bond donors (Lipinski definition) is 2. The average molecular weight is 416 g/mol. The summed E-state index contributed by atoms with van der Waals surface area (Å²) in [4.78, 5) is 26.5. The van der Waals surface area contributed by atoms with Crippen LogP contribution in [0.3, 0.4) is 0 Å². The van der Waals surface area contributed by atoms with Crippen molar-refractivity contribution in [3.63, 3.8) is 0 Å². The Hall–Kier alpha value is -2.80. The van der Waals surface area contributed by atoms with E-state index in [9.17, 15) is 23.5 Å². The molecule has 1 saturated heterocycles. The molecule has 0 atom stereocenters. The Morgan fingerprint density at radius 3 is 2.17 bits per heavy atom. The molecule has 2 aromatic rings. The predicted molar refractivity (Wildman–Crippen MR) is 110 cm³/mol. The van der Waals surface area contributed by atoms with Gasteiger partial charge >= 0.3 is 0 Å². The van der Waals surface area contributed by atoms with E-state index < -0.39 is 29.0 Å². The molecular weight excluding hydrogens is 390 g/mol. The van der Waals surface area contributed by atoms with Crippen LogP contribution in [0.5, 0.6) is 0 Å². The number of likely N-dealkylation sites (tertiary alicyclic amines) is 1. The number of benzene rings is 2. The number of nitrogens with zero attached hydrogens (tertiary/aromatic N) is 1. The fourth-order valence-corrected chi connectivity index (χ4v) is 3.44. The summed E-state index contributed by atoms with van der Waals surface area (Å²) in [5.41, 5.74) is -0.164. The lowest BCUT2D eigenvalue weighted by Gasteiger charge is -2.37. The fraction of sp³-hybridized carbons (Fsp3) is 0.391. The molecule has 0 aromatic heterocycles. The maximum absolute atomic E-state index is 13.9. The highest BCUT2D eigenvalue weighted by Gasteiger charge is 2.40. The van der Waals surface area contributed by atoms with Crippen molar-refractivity contribution in [2.75, 3.05) is 18.4 Å². The second-order valence-electron chi connectivity index (χ2n) is 8.73. The molecule has 1 aliphatic rings. The third-order valence-corrected chi connectivity index (χ3v) is 5.47. The zero-order valence-corrected chi connectivity index (χ0v) is 17.3. The van der Waals surface area contributed by atoms with Crippen molar-refractivity contribution in [1.29, 1.82) is 0 Å². The van der Waals surface area contributed by atoms with Crippen molar-refractivity contribution < 1.29 is 23.5 Å². The monoisotopic (exact) mass is 416 g/mol. The Labute approximate surface area is 174 Å². The van der Waals surface area contributed by atoms with E-state index in [-0.39, 0.29) is 36.9 Å². The van der Waals surface area contributed by atoms with Crippen LogP contribution in [0.15, 0.2) is 42.5 Å². The van der Waals surface area contributed by atoms with Crippen molar-refractivity contribution in [1.82, 2.24) is 4.90 Å². The quantitative estimate of drug-likeness (QED) is 0.798. The molecule has 5 nitrogen and oxygen atoms in total. The molecule has 0 radical (unpaired) electrons. The molecular formula is C23H26F2N2O3. The zero-order valence-electron chi connectivity index (χ0n) is 17.3. The highest BCUT2D eigenvalue weighted by Crippen LogP contribution is 2.27. The molecule has 0 spiro atoms. The summed E-state index contributed by atoms with van der Waals surface area (Å²) in [5, 5.41) is 13.5. The van der Waals surface area contributed by atoms with E-state index in [0.29, 0.717) is 11.8 Å². The first kappa shape index (κ1) is 21.9. The lowest BCUT2D eigenvalue weighted by Crippen LogP contribution is -2.53. The zero-order chi connectivity index (χ0) is 22.1. The van der Waals surface area contributed by atoms with Gasteiger partial charge in [-0.3, -0.25) is 9.59 Å². The fourth-order valence-electron chi connectivity index (χ4n) is 3.44. The van der Waals surface area contributed by atoms with Gasteiger partial charge in [0.2, 0.25) is 0 Å². The van der Waals surface area contributed by atoms with Crippen molar-refractivity contribution in [3.8, 4) is 0 Å². The van der Waals surface area contributed by atoms with Gasteiger partial charge in [0.25, 0.3) is 11.8 Å². The minimum Gasteiger partial charge on any atom is -0.380 e. The molecule has 2 aromatic carbocycles. The topological polar surface area (TPSA) is 69.6 Å². The summed E-state index contributed by atoms with van der Waals surface area (Å²) in [6.07, 6.45) is 0.0426. The van der Waals surface area contributed by atoms with Gasteiger partial charge in [-0.1, -0.05) is 32.9 Å². The van der Waals surface area contributed by atoms with Crippen molar-refractivity contribution in [3.05, 3.63) is 65.2 Å². The summed E-state index contributed by atoms with van der Waals surface area (Å²) in [6.45, 7) is 6.45. The number of amides is 2. The van der Waals surface area contributed by atoms with Gasteiger partial charge in [-0.05, 0) is 35.2 Å². The van der Waals surface area contributed by atoms with E-state index >= 15 is 0 Å². The molecule has 1 fully saturated rings. The van der Waals surface area contributed by atoms with Gasteiger partial charge in [0.1, 0.15) is 17.2 Å². The van der Waals surface area contributed by atoms with Crippen LogP contribution in [-0.2, 0) is 10.2 Å². The Kier molecular flexibility index (Phi) is 5.94. The average Bonchev–Trinajstić information content (AvgIpc) is 2.68. The SMILES string of the molecule is CC(C)(C)c1ccc(NC(=O)C2(O)CCN(C(=O)c3ccc(F)cc3F)CC2)cc1. The standard InChI is InChI=1S/C23H26F2N2O3/c1-22(2,3)15-4-7-17(8-5-15)26-21(29)23(30)10-12-27(13-11-23)20(28)18-9-6-16(24)14-19(18)25/h4-9,14,30H,10-13H2,1-3H3,(H,26,29). The number of nitrogens with one attached hydrogen (secondary N) is 1. The van der Waals surface area contributed by atoms with Crippen LogP contribution in [0.1, 0.15) is 49.5 Å². The molecule has 0 saturated carbocycles. The molecule has 2 amide bonds. The third-order valence-electron chi connectivity index (χ3n) is 5.47. The lowest BCUT2D eigenvalue weighted by atomic mass is 9.87. The molecule has 0 unspecified atom stereocenters. The number of anilines is 1. The maximum atomic E-state index is 13.9. The predicted octanol–water partition coefficient (Wildman–Crippen LogP) is 3.87. The van der Waals surface area contributed by atoms with Crippen LogP contribution in [0.4, 0.5) is 14.5 Å². The van der Waals surface area contributed by atoms with E-state index in [2.05, 4.69) is 26.1 Å². The van der Waals surface area contributed by atoms with Crippen LogP contribution < -0.4 is 5.32 Å². The number of carbonyl (C=O) groups excluding carboxylic acids is 2. The summed E-state index contributed by atoms with van der Waals surface area (Å²) in [5.74, 6) is -2.82. The van der Waals surface area contributed by atoms with Crippen LogP contribution >= 0.6 is 0 Å². The Bertz CT molecular complexity index is 944. The van der Waals surface area contributed by atoms with E-state index in [4.69, 9.17) is 0 Å². The van der Waals surface area contributed by atoms with Gasteiger partial charge in [0.15, 0.2) is 0 Å². The van der Waals surface area contributed by atoms with Gasteiger partial charge < -0.3 is 15.3 Å². The first-order valence-electron chi connectivity index (χ1n) is 9.88. The summed E-state index contributed by atoms with van der Waals surface area (Å²) in [6, 6.07) is 10.2. The van der Waals surface area contributed by atoms with Gasteiger partial charge in [-0.15, -0.1) is 0 Å². The largest absolute Gasteiger partial charge is 0.380 e.